The first-order valence-electron chi connectivity index (χ1n) is 7.80. The summed E-state index contributed by atoms with van der Waals surface area (Å²) in [6.45, 7) is 0. The van der Waals surface area contributed by atoms with E-state index in [4.69, 9.17) is 4.52 Å². The minimum absolute atomic E-state index is 0.293. The fourth-order valence-electron chi connectivity index (χ4n) is 2.48. The summed E-state index contributed by atoms with van der Waals surface area (Å²) in [6, 6.07) is 18.3. The van der Waals surface area contributed by atoms with Gasteiger partial charge in [0.25, 0.3) is 5.89 Å². The largest absolute Gasteiger partial charge is 0.334 e. The predicted octanol–water partition coefficient (Wildman–Crippen LogP) is 4.84. The molecule has 0 fully saturated rings. The minimum atomic E-state index is -0.293. The molecule has 0 amide bonds. The van der Waals surface area contributed by atoms with E-state index in [0.29, 0.717) is 17.3 Å². The third-order valence-electron chi connectivity index (χ3n) is 3.78. The lowest BCUT2D eigenvalue weighted by Crippen LogP contribution is -1.89. The molecule has 2 aromatic carbocycles. The van der Waals surface area contributed by atoms with Crippen molar-refractivity contribution in [2.75, 3.05) is 0 Å². The fraction of sp³-hybridized carbons (Fsp3) is 0. The molecule has 0 bridgehead atoms. The zero-order chi connectivity index (χ0) is 17.1. The smallest absolute Gasteiger partial charge is 0.250 e. The molecule has 0 aliphatic carbocycles. The second-order valence-corrected chi connectivity index (χ2v) is 5.45. The van der Waals surface area contributed by atoms with E-state index in [2.05, 4.69) is 10.1 Å². The summed E-state index contributed by atoms with van der Waals surface area (Å²) in [5.74, 6) is 0.527. The molecule has 0 aliphatic heterocycles. The van der Waals surface area contributed by atoms with Crippen LogP contribution in [0.5, 0.6) is 0 Å². The standard InChI is InChI=1S/C20H14FN3O/c21-18-6-2-1-5-15(18)9-12-19-22-20(23-25-19)16-7-10-17(11-8-16)24-13-3-4-14-24/h1-14H/b12-9+. The number of halogens is 1. The van der Waals surface area contributed by atoms with Crippen LogP contribution in [0.4, 0.5) is 4.39 Å². The van der Waals surface area contributed by atoms with Gasteiger partial charge in [-0.1, -0.05) is 23.4 Å². The Morgan fingerprint density at radius 2 is 1.64 bits per heavy atom. The van der Waals surface area contributed by atoms with E-state index in [9.17, 15) is 4.39 Å². The van der Waals surface area contributed by atoms with Crippen molar-refractivity contribution in [2.45, 2.75) is 0 Å². The molecular formula is C20H14FN3O. The van der Waals surface area contributed by atoms with E-state index < -0.39 is 0 Å². The zero-order valence-corrected chi connectivity index (χ0v) is 13.2. The van der Waals surface area contributed by atoms with Gasteiger partial charge in [0.1, 0.15) is 5.82 Å². The van der Waals surface area contributed by atoms with Gasteiger partial charge < -0.3 is 9.09 Å². The number of aromatic nitrogens is 3. The highest BCUT2D eigenvalue weighted by molar-refractivity contribution is 5.67. The number of benzene rings is 2. The lowest BCUT2D eigenvalue weighted by Gasteiger charge is -2.02. The molecule has 0 N–H and O–H groups in total. The molecule has 25 heavy (non-hydrogen) atoms. The van der Waals surface area contributed by atoms with Crippen LogP contribution in [0.25, 0.3) is 29.2 Å². The van der Waals surface area contributed by atoms with Gasteiger partial charge in [-0.3, -0.25) is 0 Å². The van der Waals surface area contributed by atoms with Crippen molar-refractivity contribution in [1.29, 1.82) is 0 Å². The Hall–Kier alpha value is -3.47. The van der Waals surface area contributed by atoms with Gasteiger partial charge in [-0.05, 0) is 48.5 Å². The predicted molar refractivity (Wildman–Crippen MR) is 94.4 cm³/mol. The molecule has 4 rings (SSSR count). The van der Waals surface area contributed by atoms with Gasteiger partial charge in [-0.2, -0.15) is 4.98 Å². The number of hydrogen-bond donors (Lipinski definition) is 0. The number of hydrogen-bond acceptors (Lipinski definition) is 3. The highest BCUT2D eigenvalue weighted by atomic mass is 19.1. The summed E-state index contributed by atoms with van der Waals surface area (Å²) in [6.07, 6.45) is 7.18. The molecule has 2 aromatic heterocycles. The maximum Gasteiger partial charge on any atom is 0.250 e. The lowest BCUT2D eigenvalue weighted by atomic mass is 10.2. The summed E-state index contributed by atoms with van der Waals surface area (Å²) < 4.78 is 20.8. The topological polar surface area (TPSA) is 43.9 Å². The Balaban J connectivity index is 1.54. The molecule has 5 heteroatoms. The molecule has 0 atom stereocenters. The van der Waals surface area contributed by atoms with Crippen LogP contribution in [0, 0.1) is 5.82 Å². The van der Waals surface area contributed by atoms with E-state index in [0.717, 1.165) is 11.3 Å². The van der Waals surface area contributed by atoms with Crippen molar-refractivity contribution in [3.05, 3.63) is 90.3 Å². The van der Waals surface area contributed by atoms with Crippen LogP contribution < -0.4 is 0 Å². The van der Waals surface area contributed by atoms with Gasteiger partial charge in [0.15, 0.2) is 0 Å². The quantitative estimate of drug-likeness (QED) is 0.537. The molecule has 0 aliphatic rings. The van der Waals surface area contributed by atoms with E-state index in [1.54, 1.807) is 30.4 Å². The van der Waals surface area contributed by atoms with E-state index in [-0.39, 0.29) is 5.82 Å². The summed E-state index contributed by atoms with van der Waals surface area (Å²) in [7, 11) is 0. The Labute approximate surface area is 143 Å². The van der Waals surface area contributed by atoms with Crippen LogP contribution in [-0.4, -0.2) is 14.7 Å². The first kappa shape index (κ1) is 15.1. The average molecular weight is 331 g/mol. The molecule has 0 radical (unpaired) electrons. The molecule has 0 unspecified atom stereocenters. The molecular weight excluding hydrogens is 317 g/mol. The van der Waals surface area contributed by atoms with E-state index in [1.165, 1.54) is 6.07 Å². The van der Waals surface area contributed by atoms with Crippen molar-refractivity contribution in [3.8, 4) is 17.1 Å². The highest BCUT2D eigenvalue weighted by Gasteiger charge is 2.07. The fourth-order valence-corrected chi connectivity index (χ4v) is 2.48. The maximum atomic E-state index is 13.6. The highest BCUT2D eigenvalue weighted by Crippen LogP contribution is 2.19. The molecule has 4 nitrogen and oxygen atoms in total. The molecule has 122 valence electrons. The summed E-state index contributed by atoms with van der Waals surface area (Å²) in [4.78, 5) is 4.32. The van der Waals surface area contributed by atoms with Crippen LogP contribution in [-0.2, 0) is 0 Å². The second-order valence-electron chi connectivity index (χ2n) is 5.45. The normalized spacial score (nSPS) is 11.2. The number of rotatable bonds is 4. The Kier molecular flexibility index (Phi) is 3.96. The van der Waals surface area contributed by atoms with E-state index >= 15 is 0 Å². The minimum Gasteiger partial charge on any atom is -0.334 e. The Morgan fingerprint density at radius 1 is 0.880 bits per heavy atom. The van der Waals surface area contributed by atoms with Crippen molar-refractivity contribution in [3.63, 3.8) is 0 Å². The van der Waals surface area contributed by atoms with Gasteiger partial charge in [0.2, 0.25) is 5.82 Å². The third-order valence-corrected chi connectivity index (χ3v) is 3.78. The molecule has 0 saturated heterocycles. The van der Waals surface area contributed by atoms with Crippen molar-refractivity contribution in [1.82, 2.24) is 14.7 Å². The zero-order valence-electron chi connectivity index (χ0n) is 13.2. The monoisotopic (exact) mass is 331 g/mol. The van der Waals surface area contributed by atoms with Crippen LogP contribution in [0.2, 0.25) is 0 Å². The Bertz CT molecular complexity index is 1000. The average Bonchev–Trinajstić information content (AvgIpc) is 3.33. The summed E-state index contributed by atoms with van der Waals surface area (Å²) in [5.41, 5.74) is 2.38. The van der Waals surface area contributed by atoms with Gasteiger partial charge in [0, 0.05) is 35.3 Å². The first-order valence-corrected chi connectivity index (χ1v) is 7.80. The second kappa shape index (κ2) is 6.57. The van der Waals surface area contributed by atoms with Crippen LogP contribution in [0.3, 0.4) is 0 Å². The third kappa shape index (κ3) is 3.26. The van der Waals surface area contributed by atoms with Crippen molar-refractivity contribution >= 4 is 12.2 Å². The molecule has 0 saturated carbocycles. The lowest BCUT2D eigenvalue weighted by molar-refractivity contribution is 0.411. The van der Waals surface area contributed by atoms with Gasteiger partial charge >= 0.3 is 0 Å². The van der Waals surface area contributed by atoms with Gasteiger partial charge in [0.05, 0.1) is 0 Å². The van der Waals surface area contributed by atoms with Crippen LogP contribution in [0.15, 0.2) is 77.6 Å². The SMILES string of the molecule is Fc1ccccc1/C=C/c1nc(-c2ccc(-n3cccc3)cc2)no1. The van der Waals surface area contributed by atoms with Gasteiger partial charge in [-0.15, -0.1) is 0 Å². The van der Waals surface area contributed by atoms with Crippen LogP contribution in [0.1, 0.15) is 11.5 Å². The summed E-state index contributed by atoms with van der Waals surface area (Å²) in [5, 5.41) is 3.98. The maximum absolute atomic E-state index is 13.6. The molecule has 4 aromatic rings. The van der Waals surface area contributed by atoms with Crippen LogP contribution >= 0.6 is 0 Å². The first-order chi connectivity index (χ1) is 12.3. The Morgan fingerprint density at radius 3 is 2.40 bits per heavy atom. The number of nitrogens with zero attached hydrogens (tertiary/aromatic N) is 3. The van der Waals surface area contributed by atoms with Crippen molar-refractivity contribution < 1.29 is 8.91 Å². The molecule has 2 heterocycles. The summed E-state index contributed by atoms with van der Waals surface area (Å²) >= 11 is 0. The van der Waals surface area contributed by atoms with Crippen molar-refractivity contribution in [2.24, 2.45) is 0 Å². The molecule has 0 spiro atoms. The van der Waals surface area contributed by atoms with E-state index in [1.807, 2.05) is 53.4 Å². The van der Waals surface area contributed by atoms with Gasteiger partial charge in [-0.25, -0.2) is 4.39 Å².